The van der Waals surface area contributed by atoms with Gasteiger partial charge in [-0.05, 0) is 52.0 Å². The number of halogens is 1. The summed E-state index contributed by atoms with van der Waals surface area (Å²) in [6.45, 7) is 8.31. The summed E-state index contributed by atoms with van der Waals surface area (Å²) in [5.41, 5.74) is 1.19. The zero-order valence-corrected chi connectivity index (χ0v) is 19.2. The van der Waals surface area contributed by atoms with Gasteiger partial charge in [0.05, 0.1) is 18.8 Å². The number of aliphatic imine (C=N–C) groups is 1. The molecule has 0 spiro atoms. The number of hydrogen-bond acceptors (Lipinski definition) is 4. The molecule has 1 aromatic heterocycles. The van der Waals surface area contributed by atoms with Gasteiger partial charge in [-0.3, -0.25) is 4.99 Å². The van der Waals surface area contributed by atoms with E-state index in [9.17, 15) is 0 Å². The molecule has 2 aliphatic rings. The molecule has 0 saturated carbocycles. The quantitative estimate of drug-likeness (QED) is 0.387. The van der Waals surface area contributed by atoms with Crippen LogP contribution in [0.15, 0.2) is 15.5 Å². The summed E-state index contributed by atoms with van der Waals surface area (Å²) in [5, 5.41) is 3.46. The van der Waals surface area contributed by atoms with E-state index < -0.39 is 0 Å². The van der Waals surface area contributed by atoms with E-state index in [1.54, 1.807) is 0 Å². The average Bonchev–Trinajstić information content (AvgIpc) is 2.99. The molecule has 0 aromatic carbocycles. The number of nitrogens with one attached hydrogen (secondary N) is 1. The second-order valence-electron chi connectivity index (χ2n) is 7.35. The van der Waals surface area contributed by atoms with Gasteiger partial charge in [0, 0.05) is 38.9 Å². The molecule has 2 fully saturated rings. The van der Waals surface area contributed by atoms with Crippen LogP contribution >= 0.6 is 24.0 Å². The van der Waals surface area contributed by atoms with Gasteiger partial charge in [-0.1, -0.05) is 0 Å². The van der Waals surface area contributed by atoms with E-state index in [0.717, 1.165) is 69.6 Å². The molecule has 0 radical (unpaired) electrons. The van der Waals surface area contributed by atoms with E-state index in [1.807, 2.05) is 20.9 Å². The molecule has 1 unspecified atom stereocenters. The van der Waals surface area contributed by atoms with Crippen molar-refractivity contribution in [3.63, 3.8) is 0 Å². The molecule has 3 heterocycles. The summed E-state index contributed by atoms with van der Waals surface area (Å²) in [4.78, 5) is 6.77. The van der Waals surface area contributed by atoms with Gasteiger partial charge in [0.1, 0.15) is 11.5 Å². The molecule has 0 aliphatic carbocycles. The Morgan fingerprint density at radius 2 is 2.04 bits per heavy atom. The molecule has 6 nitrogen and oxygen atoms in total. The Labute approximate surface area is 180 Å². The third-order valence-electron chi connectivity index (χ3n) is 5.33. The monoisotopic (exact) mass is 491 g/mol. The fourth-order valence-corrected chi connectivity index (χ4v) is 3.78. The predicted octanol–water partition coefficient (Wildman–Crippen LogP) is 3.64. The highest BCUT2D eigenvalue weighted by Crippen LogP contribution is 2.18. The van der Waals surface area contributed by atoms with Gasteiger partial charge < -0.3 is 24.1 Å². The van der Waals surface area contributed by atoms with Crippen LogP contribution < -0.4 is 5.32 Å². The standard InChI is InChI=1S/C20H33N3O3.HI/c1-15-12-17(16(2)26-15)13-22-20(21-3)23-9-7-18(8-10-23)25-14-19-6-4-5-11-24-19;/h12,18-19H,4-11,13-14H2,1-3H3,(H,21,22);1H. The van der Waals surface area contributed by atoms with Crippen molar-refractivity contribution in [2.24, 2.45) is 4.99 Å². The van der Waals surface area contributed by atoms with Crippen LogP contribution in [-0.4, -0.2) is 56.4 Å². The van der Waals surface area contributed by atoms with E-state index in [0.29, 0.717) is 12.2 Å². The summed E-state index contributed by atoms with van der Waals surface area (Å²) in [7, 11) is 1.85. The fraction of sp³-hybridized carbons (Fsp3) is 0.750. The van der Waals surface area contributed by atoms with Crippen LogP contribution in [0.5, 0.6) is 0 Å². The molecule has 0 amide bonds. The van der Waals surface area contributed by atoms with Crippen molar-refractivity contribution in [3.05, 3.63) is 23.2 Å². The Hall–Kier alpha value is -0.800. The Kier molecular flexibility index (Phi) is 9.38. The molecule has 1 aromatic rings. The Morgan fingerprint density at radius 1 is 1.26 bits per heavy atom. The molecule has 1 N–H and O–H groups in total. The molecule has 3 rings (SSSR count). The first kappa shape index (κ1) is 22.5. The van der Waals surface area contributed by atoms with Crippen molar-refractivity contribution < 1.29 is 13.9 Å². The lowest BCUT2D eigenvalue weighted by molar-refractivity contribution is -0.0721. The number of aryl methyl sites for hydroxylation is 2. The third kappa shape index (κ3) is 6.64. The molecular formula is C20H34IN3O3. The van der Waals surface area contributed by atoms with E-state index in [1.165, 1.54) is 18.4 Å². The van der Waals surface area contributed by atoms with Crippen molar-refractivity contribution in [2.45, 2.75) is 64.7 Å². The maximum atomic E-state index is 6.11. The maximum Gasteiger partial charge on any atom is 0.193 e. The van der Waals surface area contributed by atoms with E-state index in [4.69, 9.17) is 13.9 Å². The number of ether oxygens (including phenoxy) is 2. The van der Waals surface area contributed by atoms with Crippen LogP contribution in [0.2, 0.25) is 0 Å². The molecular weight excluding hydrogens is 457 g/mol. The maximum absolute atomic E-state index is 6.11. The zero-order chi connectivity index (χ0) is 18.4. The van der Waals surface area contributed by atoms with Crippen LogP contribution in [0.1, 0.15) is 49.2 Å². The average molecular weight is 491 g/mol. The van der Waals surface area contributed by atoms with Crippen molar-refractivity contribution in [1.82, 2.24) is 10.2 Å². The van der Waals surface area contributed by atoms with Crippen LogP contribution in [-0.2, 0) is 16.0 Å². The first-order valence-corrected chi connectivity index (χ1v) is 9.90. The zero-order valence-electron chi connectivity index (χ0n) is 16.8. The minimum atomic E-state index is 0. The number of furan rings is 1. The SMILES string of the molecule is CN=C(NCc1cc(C)oc1C)N1CCC(OCC2CCCCO2)CC1.I. The second kappa shape index (κ2) is 11.3. The van der Waals surface area contributed by atoms with Crippen LogP contribution in [0.3, 0.4) is 0 Å². The molecule has 27 heavy (non-hydrogen) atoms. The second-order valence-corrected chi connectivity index (χ2v) is 7.35. The number of nitrogens with zero attached hydrogens (tertiary/aromatic N) is 2. The van der Waals surface area contributed by atoms with Crippen LogP contribution in [0.25, 0.3) is 0 Å². The van der Waals surface area contributed by atoms with Gasteiger partial charge in [-0.2, -0.15) is 0 Å². The first-order chi connectivity index (χ1) is 12.7. The number of rotatable bonds is 5. The Bertz CT molecular complexity index is 591. The lowest BCUT2D eigenvalue weighted by Crippen LogP contribution is -2.47. The van der Waals surface area contributed by atoms with Gasteiger partial charge in [-0.25, -0.2) is 0 Å². The lowest BCUT2D eigenvalue weighted by Gasteiger charge is -2.35. The molecule has 7 heteroatoms. The lowest BCUT2D eigenvalue weighted by atomic mass is 10.1. The smallest absolute Gasteiger partial charge is 0.193 e. The Balaban J connectivity index is 0.00000261. The largest absolute Gasteiger partial charge is 0.466 e. The number of guanidine groups is 1. The summed E-state index contributed by atoms with van der Waals surface area (Å²) < 4.78 is 17.5. The summed E-state index contributed by atoms with van der Waals surface area (Å²) in [6, 6.07) is 2.09. The third-order valence-corrected chi connectivity index (χ3v) is 5.33. The minimum absolute atomic E-state index is 0. The van der Waals surface area contributed by atoms with Gasteiger partial charge >= 0.3 is 0 Å². The van der Waals surface area contributed by atoms with Crippen molar-refractivity contribution in [1.29, 1.82) is 0 Å². The van der Waals surface area contributed by atoms with Crippen LogP contribution in [0, 0.1) is 13.8 Å². The minimum Gasteiger partial charge on any atom is -0.466 e. The molecule has 0 bridgehead atoms. The highest BCUT2D eigenvalue weighted by atomic mass is 127. The Morgan fingerprint density at radius 3 is 2.63 bits per heavy atom. The number of hydrogen-bond donors (Lipinski definition) is 1. The number of likely N-dealkylation sites (tertiary alicyclic amines) is 1. The normalized spacial score (nSPS) is 21.8. The van der Waals surface area contributed by atoms with Gasteiger partial charge in [-0.15, -0.1) is 24.0 Å². The highest BCUT2D eigenvalue weighted by molar-refractivity contribution is 14.0. The fourth-order valence-electron chi connectivity index (χ4n) is 3.78. The van der Waals surface area contributed by atoms with Gasteiger partial charge in [0.2, 0.25) is 0 Å². The highest BCUT2D eigenvalue weighted by Gasteiger charge is 2.23. The van der Waals surface area contributed by atoms with Crippen molar-refractivity contribution in [2.75, 3.05) is 33.4 Å². The molecule has 154 valence electrons. The van der Waals surface area contributed by atoms with Crippen molar-refractivity contribution in [3.8, 4) is 0 Å². The van der Waals surface area contributed by atoms with Crippen LogP contribution in [0.4, 0.5) is 0 Å². The van der Waals surface area contributed by atoms with Gasteiger partial charge in [0.25, 0.3) is 0 Å². The molecule has 2 saturated heterocycles. The first-order valence-electron chi connectivity index (χ1n) is 9.90. The van der Waals surface area contributed by atoms with E-state index in [-0.39, 0.29) is 24.0 Å². The number of piperidine rings is 1. The summed E-state index contributed by atoms with van der Waals surface area (Å²) in [6.07, 6.45) is 6.33. The van der Waals surface area contributed by atoms with Crippen molar-refractivity contribution >= 4 is 29.9 Å². The van der Waals surface area contributed by atoms with E-state index in [2.05, 4.69) is 21.3 Å². The summed E-state index contributed by atoms with van der Waals surface area (Å²) in [5.74, 6) is 2.88. The molecule has 2 aliphatic heterocycles. The van der Waals surface area contributed by atoms with Gasteiger partial charge in [0.15, 0.2) is 5.96 Å². The molecule has 1 atom stereocenters. The summed E-state index contributed by atoms with van der Waals surface area (Å²) >= 11 is 0. The topological polar surface area (TPSA) is 59.2 Å². The predicted molar refractivity (Wildman–Crippen MR) is 118 cm³/mol. The van der Waals surface area contributed by atoms with E-state index >= 15 is 0 Å².